The molecule has 3 atom stereocenters. The van der Waals surface area contributed by atoms with E-state index in [2.05, 4.69) is 24.3 Å². The summed E-state index contributed by atoms with van der Waals surface area (Å²) in [6.07, 6.45) is 3.89. The van der Waals surface area contributed by atoms with E-state index in [1.54, 1.807) is 0 Å². The maximum Gasteiger partial charge on any atom is 0.0848 e. The molecule has 0 aliphatic heterocycles. The van der Waals surface area contributed by atoms with Gasteiger partial charge in [-0.25, -0.2) is 0 Å². The van der Waals surface area contributed by atoms with E-state index in [0.29, 0.717) is 12.8 Å². The molecular weight excluding hydrogens is 252 g/mol. The van der Waals surface area contributed by atoms with E-state index in [1.807, 2.05) is 13.0 Å². The zero-order valence-electron chi connectivity index (χ0n) is 12.4. The Labute approximate surface area is 122 Å². The van der Waals surface area contributed by atoms with Crippen LogP contribution in [0, 0.1) is 5.92 Å². The number of hydrogen-bond acceptors (Lipinski definition) is 3. The lowest BCUT2D eigenvalue weighted by Crippen LogP contribution is -2.35. The van der Waals surface area contributed by atoms with E-state index >= 15 is 0 Å². The van der Waals surface area contributed by atoms with Crippen LogP contribution in [0.5, 0.6) is 0 Å². The molecule has 0 amide bonds. The molecule has 1 rings (SSSR count). The van der Waals surface area contributed by atoms with Crippen molar-refractivity contribution in [2.45, 2.75) is 57.7 Å². The lowest BCUT2D eigenvalue weighted by molar-refractivity contribution is -0.0374. The SMILES string of the molecule is CCC(CO)[C@@H](O)C(O)CCCCCc1ccccc1. The van der Waals surface area contributed by atoms with Crippen LogP contribution in [0.3, 0.4) is 0 Å². The van der Waals surface area contributed by atoms with E-state index in [-0.39, 0.29) is 12.5 Å². The standard InChI is InChI=1S/C17H28O3/c1-2-15(13-18)17(20)16(19)12-8-4-7-11-14-9-5-3-6-10-14/h3,5-6,9-10,15-20H,2,4,7-8,11-13H2,1H3/t15?,16?,17-/m1/s1. The summed E-state index contributed by atoms with van der Waals surface area (Å²) in [5, 5.41) is 28.9. The van der Waals surface area contributed by atoms with Gasteiger partial charge in [0.25, 0.3) is 0 Å². The number of aryl methyl sites for hydroxylation is 1. The van der Waals surface area contributed by atoms with Crippen LogP contribution in [0.1, 0.15) is 44.6 Å². The fraction of sp³-hybridized carbons (Fsp3) is 0.647. The molecule has 0 saturated carbocycles. The van der Waals surface area contributed by atoms with Crippen LogP contribution in [0.4, 0.5) is 0 Å². The van der Waals surface area contributed by atoms with Crippen LogP contribution >= 0.6 is 0 Å². The first-order valence-electron chi connectivity index (χ1n) is 7.70. The van der Waals surface area contributed by atoms with Gasteiger partial charge in [0, 0.05) is 12.5 Å². The van der Waals surface area contributed by atoms with Gasteiger partial charge in [0.15, 0.2) is 0 Å². The third kappa shape index (κ3) is 6.04. The van der Waals surface area contributed by atoms with Gasteiger partial charge in [0.05, 0.1) is 12.2 Å². The molecule has 0 fully saturated rings. The summed E-state index contributed by atoms with van der Waals surface area (Å²) >= 11 is 0. The summed E-state index contributed by atoms with van der Waals surface area (Å²) in [5.41, 5.74) is 1.35. The summed E-state index contributed by atoms with van der Waals surface area (Å²) in [6, 6.07) is 10.4. The first-order valence-corrected chi connectivity index (χ1v) is 7.70. The third-order valence-corrected chi connectivity index (χ3v) is 3.94. The van der Waals surface area contributed by atoms with Crippen molar-refractivity contribution in [2.24, 2.45) is 5.92 Å². The van der Waals surface area contributed by atoms with E-state index in [1.165, 1.54) is 5.56 Å². The van der Waals surface area contributed by atoms with Crippen LogP contribution < -0.4 is 0 Å². The van der Waals surface area contributed by atoms with Crippen molar-refractivity contribution in [3.05, 3.63) is 35.9 Å². The molecule has 114 valence electrons. The van der Waals surface area contributed by atoms with Gasteiger partial charge in [-0.1, -0.05) is 50.1 Å². The van der Waals surface area contributed by atoms with Gasteiger partial charge in [-0.05, 0) is 31.2 Å². The number of hydrogen-bond donors (Lipinski definition) is 3. The molecule has 0 aromatic heterocycles. The predicted octanol–water partition coefficient (Wildman–Crippen LogP) is 2.53. The van der Waals surface area contributed by atoms with Crippen molar-refractivity contribution in [3.63, 3.8) is 0 Å². The molecule has 0 saturated heterocycles. The molecule has 1 aromatic carbocycles. The van der Waals surface area contributed by atoms with E-state index < -0.39 is 12.2 Å². The summed E-state index contributed by atoms with van der Waals surface area (Å²) in [7, 11) is 0. The van der Waals surface area contributed by atoms with Gasteiger partial charge in [-0.2, -0.15) is 0 Å². The Balaban J connectivity index is 2.14. The highest BCUT2D eigenvalue weighted by atomic mass is 16.3. The molecule has 0 aliphatic rings. The van der Waals surface area contributed by atoms with Crippen LogP contribution in [0.15, 0.2) is 30.3 Å². The second kappa shape index (κ2) is 9.92. The molecule has 0 heterocycles. The largest absolute Gasteiger partial charge is 0.396 e. The summed E-state index contributed by atoms with van der Waals surface area (Å²) in [5.74, 6) is -0.214. The summed E-state index contributed by atoms with van der Waals surface area (Å²) in [4.78, 5) is 0. The van der Waals surface area contributed by atoms with Crippen LogP contribution in [-0.2, 0) is 6.42 Å². The van der Waals surface area contributed by atoms with Crippen molar-refractivity contribution >= 4 is 0 Å². The molecule has 0 radical (unpaired) electrons. The Morgan fingerprint density at radius 2 is 1.70 bits per heavy atom. The molecule has 2 unspecified atom stereocenters. The Kier molecular flexibility index (Phi) is 8.51. The van der Waals surface area contributed by atoms with Gasteiger partial charge in [0.1, 0.15) is 0 Å². The van der Waals surface area contributed by atoms with E-state index in [9.17, 15) is 10.2 Å². The average molecular weight is 280 g/mol. The second-order valence-electron chi connectivity index (χ2n) is 5.49. The highest BCUT2D eigenvalue weighted by Crippen LogP contribution is 2.16. The Bertz CT molecular complexity index is 335. The summed E-state index contributed by atoms with van der Waals surface area (Å²) < 4.78 is 0. The van der Waals surface area contributed by atoms with Crippen LogP contribution in [-0.4, -0.2) is 34.1 Å². The van der Waals surface area contributed by atoms with Crippen molar-refractivity contribution < 1.29 is 15.3 Å². The molecule has 0 bridgehead atoms. The number of aliphatic hydroxyl groups excluding tert-OH is 3. The average Bonchev–Trinajstić information content (AvgIpc) is 2.49. The Morgan fingerprint density at radius 3 is 2.30 bits per heavy atom. The zero-order chi connectivity index (χ0) is 14.8. The minimum Gasteiger partial charge on any atom is -0.396 e. The fourth-order valence-electron chi connectivity index (χ4n) is 2.47. The van der Waals surface area contributed by atoms with Gasteiger partial charge in [-0.3, -0.25) is 0 Å². The number of aliphatic hydroxyl groups is 3. The van der Waals surface area contributed by atoms with Crippen molar-refractivity contribution in [1.29, 1.82) is 0 Å². The Morgan fingerprint density at radius 1 is 1.00 bits per heavy atom. The van der Waals surface area contributed by atoms with E-state index in [4.69, 9.17) is 5.11 Å². The lowest BCUT2D eigenvalue weighted by atomic mass is 9.93. The predicted molar refractivity (Wildman–Crippen MR) is 81.5 cm³/mol. The van der Waals surface area contributed by atoms with Crippen LogP contribution in [0.25, 0.3) is 0 Å². The first-order chi connectivity index (χ1) is 9.69. The number of unbranched alkanes of at least 4 members (excludes halogenated alkanes) is 2. The zero-order valence-corrected chi connectivity index (χ0v) is 12.4. The first kappa shape index (κ1) is 17.2. The fourth-order valence-corrected chi connectivity index (χ4v) is 2.47. The molecule has 3 heteroatoms. The Hall–Kier alpha value is -0.900. The van der Waals surface area contributed by atoms with Gasteiger partial charge in [-0.15, -0.1) is 0 Å². The minimum absolute atomic E-state index is 0.0667. The minimum atomic E-state index is -0.806. The third-order valence-electron chi connectivity index (χ3n) is 3.94. The second-order valence-corrected chi connectivity index (χ2v) is 5.49. The van der Waals surface area contributed by atoms with Gasteiger partial charge in [0.2, 0.25) is 0 Å². The molecule has 3 nitrogen and oxygen atoms in total. The summed E-state index contributed by atoms with van der Waals surface area (Å²) in [6.45, 7) is 1.85. The quantitative estimate of drug-likeness (QED) is 0.577. The smallest absolute Gasteiger partial charge is 0.0848 e. The van der Waals surface area contributed by atoms with Gasteiger partial charge >= 0.3 is 0 Å². The van der Waals surface area contributed by atoms with Crippen molar-refractivity contribution in [3.8, 4) is 0 Å². The molecule has 0 aliphatic carbocycles. The lowest BCUT2D eigenvalue weighted by Gasteiger charge is -2.24. The topological polar surface area (TPSA) is 60.7 Å². The molecule has 1 aromatic rings. The maximum absolute atomic E-state index is 9.91. The number of benzene rings is 1. The molecule has 0 spiro atoms. The molecule has 3 N–H and O–H groups in total. The highest BCUT2D eigenvalue weighted by molar-refractivity contribution is 5.14. The maximum atomic E-state index is 9.91. The van der Waals surface area contributed by atoms with Crippen LogP contribution in [0.2, 0.25) is 0 Å². The highest BCUT2D eigenvalue weighted by Gasteiger charge is 2.23. The normalized spacial score (nSPS) is 15.8. The van der Waals surface area contributed by atoms with Gasteiger partial charge < -0.3 is 15.3 Å². The van der Waals surface area contributed by atoms with Crippen molar-refractivity contribution in [1.82, 2.24) is 0 Å². The monoisotopic (exact) mass is 280 g/mol. The van der Waals surface area contributed by atoms with E-state index in [0.717, 1.165) is 25.7 Å². The molecular formula is C17H28O3. The van der Waals surface area contributed by atoms with Crippen molar-refractivity contribution in [2.75, 3.05) is 6.61 Å². The molecule has 20 heavy (non-hydrogen) atoms. The number of rotatable bonds is 10.